The Hall–Kier alpha value is -3.31. The number of hydrogen-bond acceptors (Lipinski definition) is 4. The summed E-state index contributed by atoms with van der Waals surface area (Å²) in [5, 5.41) is 2.84. The minimum absolute atomic E-state index is 0.0125. The molecule has 0 aliphatic carbocycles. The summed E-state index contributed by atoms with van der Waals surface area (Å²) in [7, 11) is 2.17. The highest BCUT2D eigenvalue weighted by molar-refractivity contribution is 5.86. The number of benzene rings is 3. The van der Waals surface area contributed by atoms with Gasteiger partial charge in [-0.3, -0.25) is 10.2 Å². The van der Waals surface area contributed by atoms with E-state index in [1.54, 1.807) is 0 Å². The van der Waals surface area contributed by atoms with E-state index >= 15 is 0 Å². The molecule has 0 unspecified atom stereocenters. The van der Waals surface area contributed by atoms with Crippen molar-refractivity contribution in [2.75, 3.05) is 23.8 Å². The first-order valence-electron chi connectivity index (χ1n) is 12.1. The summed E-state index contributed by atoms with van der Waals surface area (Å²) in [5.41, 5.74) is 5.75. The van der Waals surface area contributed by atoms with Gasteiger partial charge in [0.25, 0.3) is 0 Å². The predicted molar refractivity (Wildman–Crippen MR) is 138 cm³/mol. The van der Waals surface area contributed by atoms with Crippen molar-refractivity contribution in [2.45, 2.75) is 51.2 Å². The van der Waals surface area contributed by atoms with E-state index < -0.39 is 6.09 Å². The second-order valence-electron chi connectivity index (χ2n) is 10.1. The predicted octanol–water partition coefficient (Wildman–Crippen LogP) is 6.36. The number of hydrogen-bond donors (Lipinski definition) is 1. The van der Waals surface area contributed by atoms with Gasteiger partial charge in [-0.1, -0.05) is 63.2 Å². The second-order valence-corrected chi connectivity index (χ2v) is 10.1. The molecular weight excluding hydrogens is 422 g/mol. The third-order valence-electron chi connectivity index (χ3n) is 7.43. The number of fused-ring (bicyclic) bond motifs is 3. The number of carbonyl (C=O) groups is 1. The number of ether oxygens (including phenoxy) is 1. The van der Waals surface area contributed by atoms with Crippen molar-refractivity contribution in [1.29, 1.82) is 0 Å². The maximum absolute atomic E-state index is 12.6. The molecule has 5 nitrogen and oxygen atoms in total. The summed E-state index contributed by atoms with van der Waals surface area (Å²) in [5.74, 6) is 1.03. The molecule has 176 valence electrons. The number of likely N-dealkylation sites (tertiary alicyclic amines) is 1. The van der Waals surface area contributed by atoms with Crippen LogP contribution in [0.4, 0.5) is 16.2 Å². The highest BCUT2D eigenvalue weighted by Gasteiger charge is 2.53. The van der Waals surface area contributed by atoms with Gasteiger partial charge >= 0.3 is 6.09 Å². The van der Waals surface area contributed by atoms with Gasteiger partial charge in [0.15, 0.2) is 0 Å². The van der Waals surface area contributed by atoms with Crippen molar-refractivity contribution in [1.82, 2.24) is 4.90 Å². The number of anilines is 2. The first-order chi connectivity index (χ1) is 16.3. The minimum Gasteiger partial charge on any atom is -0.410 e. The van der Waals surface area contributed by atoms with Crippen LogP contribution in [0.1, 0.15) is 49.8 Å². The van der Waals surface area contributed by atoms with Crippen molar-refractivity contribution >= 4 is 17.5 Å². The molecule has 0 aromatic heterocycles. The molecule has 2 aliphatic heterocycles. The molecule has 1 fully saturated rings. The van der Waals surface area contributed by atoms with Crippen LogP contribution in [-0.2, 0) is 12.0 Å². The Balaban J connectivity index is 1.31. The SMILES string of the molecule is CC(C)c1ccc(NC(=O)Oc2ccc3c(c2)[C@]2(C)CCN(Cc4ccccc4)[C@@H]2N3C)cc1. The van der Waals surface area contributed by atoms with E-state index in [-0.39, 0.29) is 11.6 Å². The first kappa shape index (κ1) is 22.5. The molecule has 0 bridgehead atoms. The van der Waals surface area contributed by atoms with Crippen LogP contribution in [0.2, 0.25) is 0 Å². The zero-order chi connectivity index (χ0) is 23.9. The normalized spacial score (nSPS) is 21.4. The molecule has 2 aliphatic rings. The fraction of sp³-hybridized carbons (Fsp3) is 0.345. The van der Waals surface area contributed by atoms with Crippen molar-refractivity contribution in [2.24, 2.45) is 0 Å². The Morgan fingerprint density at radius 1 is 1.09 bits per heavy atom. The van der Waals surface area contributed by atoms with Gasteiger partial charge < -0.3 is 9.64 Å². The van der Waals surface area contributed by atoms with Gasteiger partial charge in [-0.2, -0.15) is 0 Å². The van der Waals surface area contributed by atoms with Crippen LogP contribution in [0.25, 0.3) is 0 Å². The zero-order valence-electron chi connectivity index (χ0n) is 20.4. The lowest BCUT2D eigenvalue weighted by molar-refractivity contribution is 0.213. The van der Waals surface area contributed by atoms with Crippen molar-refractivity contribution in [3.63, 3.8) is 0 Å². The summed E-state index contributed by atoms with van der Waals surface area (Å²) in [6.45, 7) is 8.61. The van der Waals surface area contributed by atoms with E-state index in [0.717, 1.165) is 25.2 Å². The van der Waals surface area contributed by atoms with Crippen LogP contribution >= 0.6 is 0 Å². The lowest BCUT2D eigenvalue weighted by Gasteiger charge is -2.34. The Bertz CT molecular complexity index is 1180. The molecule has 0 spiro atoms. The van der Waals surface area contributed by atoms with Crippen LogP contribution in [-0.4, -0.2) is 30.8 Å². The van der Waals surface area contributed by atoms with E-state index in [1.807, 2.05) is 30.3 Å². The van der Waals surface area contributed by atoms with Gasteiger partial charge in [0.1, 0.15) is 5.75 Å². The largest absolute Gasteiger partial charge is 0.417 e. The molecule has 5 rings (SSSR count). The van der Waals surface area contributed by atoms with E-state index in [4.69, 9.17) is 4.74 Å². The summed E-state index contributed by atoms with van der Waals surface area (Å²) < 4.78 is 5.69. The molecule has 2 atom stereocenters. The molecule has 3 aromatic carbocycles. The fourth-order valence-electron chi connectivity index (χ4n) is 5.64. The molecule has 1 N–H and O–H groups in total. The second kappa shape index (κ2) is 8.80. The maximum atomic E-state index is 12.6. The highest BCUT2D eigenvalue weighted by Crippen LogP contribution is 2.52. The average Bonchev–Trinajstić information content (AvgIpc) is 3.26. The van der Waals surface area contributed by atoms with Crippen LogP contribution in [0, 0.1) is 0 Å². The summed E-state index contributed by atoms with van der Waals surface area (Å²) in [6, 6.07) is 24.6. The number of carbonyl (C=O) groups excluding carboxylic acids is 1. The minimum atomic E-state index is -0.470. The van der Waals surface area contributed by atoms with Crippen molar-refractivity contribution in [3.8, 4) is 5.75 Å². The molecule has 0 radical (unpaired) electrons. The smallest absolute Gasteiger partial charge is 0.410 e. The van der Waals surface area contributed by atoms with Crippen LogP contribution in [0.5, 0.6) is 5.75 Å². The van der Waals surface area contributed by atoms with Gasteiger partial charge in [-0.05, 0) is 59.4 Å². The highest BCUT2D eigenvalue weighted by atomic mass is 16.6. The summed E-state index contributed by atoms with van der Waals surface area (Å²) in [4.78, 5) is 17.5. The maximum Gasteiger partial charge on any atom is 0.417 e. The topological polar surface area (TPSA) is 44.8 Å². The molecule has 1 amide bonds. The molecule has 34 heavy (non-hydrogen) atoms. The number of nitrogens with one attached hydrogen (secondary N) is 1. The summed E-state index contributed by atoms with van der Waals surface area (Å²) in [6.07, 6.45) is 0.883. The van der Waals surface area contributed by atoms with Crippen LogP contribution in [0.3, 0.4) is 0 Å². The Labute approximate surface area is 202 Å². The Kier molecular flexibility index (Phi) is 5.82. The number of amides is 1. The first-order valence-corrected chi connectivity index (χ1v) is 12.1. The molecule has 2 heterocycles. The number of likely N-dealkylation sites (N-methyl/N-ethyl adjacent to an activating group) is 1. The molecule has 3 aromatic rings. The van der Waals surface area contributed by atoms with Gasteiger partial charge in [0.05, 0.1) is 6.17 Å². The van der Waals surface area contributed by atoms with E-state index in [0.29, 0.717) is 11.7 Å². The van der Waals surface area contributed by atoms with Crippen molar-refractivity contribution < 1.29 is 9.53 Å². The number of rotatable bonds is 5. The van der Waals surface area contributed by atoms with Gasteiger partial charge in [-0.15, -0.1) is 0 Å². The van der Waals surface area contributed by atoms with Crippen LogP contribution < -0.4 is 15.0 Å². The third-order valence-corrected chi connectivity index (χ3v) is 7.43. The lowest BCUT2D eigenvalue weighted by atomic mass is 9.81. The Morgan fingerprint density at radius 2 is 1.82 bits per heavy atom. The van der Waals surface area contributed by atoms with E-state index in [9.17, 15) is 4.79 Å². The fourth-order valence-corrected chi connectivity index (χ4v) is 5.64. The Morgan fingerprint density at radius 3 is 2.53 bits per heavy atom. The average molecular weight is 456 g/mol. The van der Waals surface area contributed by atoms with E-state index in [1.165, 1.54) is 22.4 Å². The van der Waals surface area contributed by atoms with Crippen LogP contribution in [0.15, 0.2) is 72.8 Å². The molecule has 1 saturated heterocycles. The number of nitrogens with zero attached hydrogens (tertiary/aromatic N) is 2. The van der Waals surface area contributed by atoms with Crippen molar-refractivity contribution in [3.05, 3.63) is 89.5 Å². The molecule has 0 saturated carbocycles. The van der Waals surface area contributed by atoms with Gasteiger partial charge in [-0.25, -0.2) is 4.79 Å². The van der Waals surface area contributed by atoms with E-state index in [2.05, 4.69) is 85.4 Å². The zero-order valence-corrected chi connectivity index (χ0v) is 20.4. The molecule has 5 heteroatoms. The quantitative estimate of drug-likeness (QED) is 0.486. The van der Waals surface area contributed by atoms with Gasteiger partial charge in [0, 0.05) is 36.9 Å². The standard InChI is InChI=1S/C29H33N3O2/c1-20(2)22-10-12-23(13-11-22)30-28(33)34-24-14-15-26-25(18-24)29(3)16-17-32(27(29)31(26)4)19-21-8-6-5-7-9-21/h5-15,18,20,27H,16-17,19H2,1-4H3,(H,30,33)/t27-,29-/m0/s1. The van der Waals surface area contributed by atoms with Gasteiger partial charge in [0.2, 0.25) is 0 Å². The summed E-state index contributed by atoms with van der Waals surface area (Å²) >= 11 is 0. The third kappa shape index (κ3) is 4.05. The molecular formula is C29H33N3O2. The monoisotopic (exact) mass is 455 g/mol. The lowest BCUT2D eigenvalue weighted by Crippen LogP contribution is -2.46.